The van der Waals surface area contributed by atoms with Crippen molar-refractivity contribution in [3.63, 3.8) is 0 Å². The Morgan fingerprint density at radius 3 is 2.45 bits per heavy atom. The Balaban J connectivity index is 2.11. The van der Waals surface area contributed by atoms with Gasteiger partial charge in [-0.15, -0.1) is 0 Å². The highest BCUT2D eigenvalue weighted by molar-refractivity contribution is 7.90. The fraction of sp³-hybridized carbons (Fsp3) is 0.409. The highest BCUT2D eigenvalue weighted by Gasteiger charge is 2.21. The Morgan fingerprint density at radius 1 is 1.14 bits per heavy atom. The molecular formula is C22H30FN3O2S. The van der Waals surface area contributed by atoms with Gasteiger partial charge in [-0.05, 0) is 48.7 Å². The first kappa shape index (κ1) is 22.9. The van der Waals surface area contributed by atoms with E-state index in [0.717, 1.165) is 11.1 Å². The van der Waals surface area contributed by atoms with Crippen LogP contribution in [0.4, 0.5) is 4.39 Å². The fourth-order valence-corrected chi connectivity index (χ4v) is 4.01. The van der Waals surface area contributed by atoms with Crippen molar-refractivity contribution < 1.29 is 12.8 Å². The summed E-state index contributed by atoms with van der Waals surface area (Å²) in [6, 6.07) is 11.9. The highest BCUT2D eigenvalue weighted by Crippen LogP contribution is 2.23. The Kier molecular flexibility index (Phi) is 7.41. The van der Waals surface area contributed by atoms with Crippen LogP contribution in [-0.4, -0.2) is 33.7 Å². The molecule has 0 atom stereocenters. The molecule has 2 aromatic rings. The summed E-state index contributed by atoms with van der Waals surface area (Å²) < 4.78 is 37.1. The van der Waals surface area contributed by atoms with Gasteiger partial charge in [-0.2, -0.15) is 0 Å². The lowest BCUT2D eigenvalue weighted by Crippen LogP contribution is -2.43. The van der Waals surface area contributed by atoms with Crippen molar-refractivity contribution in [1.29, 1.82) is 0 Å². The zero-order valence-corrected chi connectivity index (χ0v) is 18.5. The van der Waals surface area contributed by atoms with Crippen molar-refractivity contribution in [3.8, 4) is 0 Å². The first-order valence-electron chi connectivity index (χ1n) is 9.61. The number of halogens is 1. The predicted octanol–water partition coefficient (Wildman–Crippen LogP) is 3.57. The number of nitrogens with one attached hydrogen (secondary N) is 2. The van der Waals surface area contributed by atoms with E-state index in [4.69, 9.17) is 0 Å². The summed E-state index contributed by atoms with van der Waals surface area (Å²) in [5.74, 6) is 0.408. The molecule has 0 radical (unpaired) electrons. The molecule has 0 aliphatic rings. The van der Waals surface area contributed by atoms with Crippen LogP contribution in [-0.2, 0) is 21.8 Å². The highest BCUT2D eigenvalue weighted by atomic mass is 32.2. The third kappa shape index (κ3) is 6.56. The molecule has 0 aromatic heterocycles. The van der Waals surface area contributed by atoms with Crippen molar-refractivity contribution in [2.75, 3.05) is 19.3 Å². The first-order chi connectivity index (χ1) is 13.5. The number of sulfone groups is 1. The van der Waals surface area contributed by atoms with Gasteiger partial charge in [-0.1, -0.05) is 38.1 Å². The molecular weight excluding hydrogens is 389 g/mol. The van der Waals surface area contributed by atoms with Crippen LogP contribution < -0.4 is 10.6 Å². The molecule has 0 heterocycles. The molecule has 0 aliphatic heterocycles. The quantitative estimate of drug-likeness (QED) is 0.532. The summed E-state index contributed by atoms with van der Waals surface area (Å²) in [6.07, 6.45) is 1.21. The van der Waals surface area contributed by atoms with Gasteiger partial charge < -0.3 is 10.6 Å². The molecule has 2 aromatic carbocycles. The summed E-state index contributed by atoms with van der Waals surface area (Å²) in [5.41, 5.74) is 2.26. The Bertz CT molecular complexity index is 985. The van der Waals surface area contributed by atoms with Crippen molar-refractivity contribution >= 4 is 15.8 Å². The Labute approximate surface area is 173 Å². The monoisotopic (exact) mass is 419 g/mol. The zero-order valence-electron chi connectivity index (χ0n) is 17.7. The molecule has 0 aliphatic carbocycles. The molecule has 0 fully saturated rings. The van der Waals surface area contributed by atoms with E-state index in [1.54, 1.807) is 31.2 Å². The van der Waals surface area contributed by atoms with E-state index in [0.29, 0.717) is 36.1 Å². The van der Waals surface area contributed by atoms with Crippen LogP contribution in [0.2, 0.25) is 0 Å². The number of aliphatic imine (C=N–C) groups is 1. The Hall–Kier alpha value is -2.41. The molecule has 0 amide bonds. The normalized spacial score (nSPS) is 12.7. The Morgan fingerprint density at radius 2 is 1.86 bits per heavy atom. The summed E-state index contributed by atoms with van der Waals surface area (Å²) in [5, 5.41) is 6.53. The molecule has 0 saturated heterocycles. The number of guanidine groups is 1. The zero-order chi connectivity index (χ0) is 21.7. The molecule has 2 N–H and O–H groups in total. The molecule has 0 bridgehead atoms. The van der Waals surface area contributed by atoms with E-state index in [1.165, 1.54) is 12.3 Å². The maximum Gasteiger partial charge on any atom is 0.191 e. The minimum atomic E-state index is -3.23. The fourth-order valence-electron chi connectivity index (χ4n) is 3.05. The van der Waals surface area contributed by atoms with Gasteiger partial charge in [0.2, 0.25) is 0 Å². The van der Waals surface area contributed by atoms with Crippen LogP contribution in [0, 0.1) is 12.7 Å². The molecule has 2 rings (SSSR count). The molecule has 0 saturated carbocycles. The van der Waals surface area contributed by atoms with Gasteiger partial charge in [-0.25, -0.2) is 17.8 Å². The smallest absolute Gasteiger partial charge is 0.191 e. The second-order valence-electron chi connectivity index (χ2n) is 7.81. The van der Waals surface area contributed by atoms with E-state index < -0.39 is 9.84 Å². The number of hydrogen-bond acceptors (Lipinski definition) is 3. The largest absolute Gasteiger partial charge is 0.357 e. The predicted molar refractivity (Wildman–Crippen MR) is 117 cm³/mol. The average Bonchev–Trinajstić information content (AvgIpc) is 2.63. The molecule has 5 nitrogen and oxygen atoms in total. The van der Waals surface area contributed by atoms with Crippen LogP contribution in [0.25, 0.3) is 0 Å². The van der Waals surface area contributed by atoms with Gasteiger partial charge in [-0.3, -0.25) is 0 Å². The number of aryl methyl sites for hydroxylation is 1. The lowest BCUT2D eigenvalue weighted by molar-refractivity contribution is 0.503. The van der Waals surface area contributed by atoms with Crippen molar-refractivity contribution in [2.24, 2.45) is 4.99 Å². The maximum absolute atomic E-state index is 13.6. The average molecular weight is 420 g/mol. The van der Waals surface area contributed by atoms with E-state index >= 15 is 0 Å². The number of benzene rings is 2. The lowest BCUT2D eigenvalue weighted by Gasteiger charge is -2.27. The van der Waals surface area contributed by atoms with Gasteiger partial charge in [0.1, 0.15) is 5.82 Å². The number of nitrogens with zero attached hydrogens (tertiary/aromatic N) is 1. The molecule has 158 valence electrons. The van der Waals surface area contributed by atoms with E-state index in [-0.39, 0.29) is 11.2 Å². The van der Waals surface area contributed by atoms with Crippen LogP contribution in [0.1, 0.15) is 37.5 Å². The number of hydrogen-bond donors (Lipinski definition) is 2. The summed E-state index contributed by atoms with van der Waals surface area (Å²) in [4.78, 5) is 4.94. The SMILES string of the molecule is CCNC(=NCc1ccc(S(C)(=O)=O)c(C)c1)NCC(C)(C)c1cccc(F)c1. The van der Waals surface area contributed by atoms with Crippen LogP contribution in [0.3, 0.4) is 0 Å². The van der Waals surface area contributed by atoms with Crippen molar-refractivity contribution in [2.45, 2.75) is 44.6 Å². The third-order valence-electron chi connectivity index (χ3n) is 4.71. The second-order valence-corrected chi connectivity index (χ2v) is 9.80. The van der Waals surface area contributed by atoms with Gasteiger partial charge in [0, 0.05) is 24.8 Å². The third-order valence-corrected chi connectivity index (χ3v) is 5.96. The van der Waals surface area contributed by atoms with Crippen molar-refractivity contribution in [1.82, 2.24) is 10.6 Å². The molecule has 29 heavy (non-hydrogen) atoms. The van der Waals surface area contributed by atoms with E-state index in [9.17, 15) is 12.8 Å². The first-order valence-corrected chi connectivity index (χ1v) is 11.5. The molecule has 7 heteroatoms. The summed E-state index contributed by atoms with van der Waals surface area (Å²) in [6.45, 7) is 9.57. The standard InChI is InChI=1S/C22H30FN3O2S/c1-6-24-21(26-15-22(3,4)18-8-7-9-19(23)13-18)25-14-17-10-11-20(16(2)12-17)29(5,27)28/h7-13H,6,14-15H2,1-5H3,(H2,24,25,26). The van der Waals surface area contributed by atoms with Gasteiger partial charge >= 0.3 is 0 Å². The minimum Gasteiger partial charge on any atom is -0.357 e. The van der Waals surface area contributed by atoms with Gasteiger partial charge in [0.15, 0.2) is 15.8 Å². The number of rotatable bonds is 7. The topological polar surface area (TPSA) is 70.6 Å². The van der Waals surface area contributed by atoms with Crippen LogP contribution in [0.15, 0.2) is 52.4 Å². The van der Waals surface area contributed by atoms with Crippen molar-refractivity contribution in [3.05, 3.63) is 65.0 Å². The molecule has 0 unspecified atom stereocenters. The van der Waals surface area contributed by atoms with Gasteiger partial charge in [0.05, 0.1) is 11.4 Å². The van der Waals surface area contributed by atoms with Crippen LogP contribution >= 0.6 is 0 Å². The minimum absolute atomic E-state index is 0.246. The summed E-state index contributed by atoms with van der Waals surface area (Å²) in [7, 11) is -3.23. The second kappa shape index (κ2) is 9.39. The van der Waals surface area contributed by atoms with Gasteiger partial charge in [0.25, 0.3) is 0 Å². The maximum atomic E-state index is 13.6. The van der Waals surface area contributed by atoms with Crippen LogP contribution in [0.5, 0.6) is 0 Å². The summed E-state index contributed by atoms with van der Waals surface area (Å²) >= 11 is 0. The molecule has 0 spiro atoms. The van der Waals surface area contributed by atoms with E-state index in [2.05, 4.69) is 15.6 Å². The lowest BCUT2D eigenvalue weighted by atomic mass is 9.84. The van der Waals surface area contributed by atoms with E-state index in [1.807, 2.05) is 32.9 Å².